The number of hydrogen-bond acceptors (Lipinski definition) is 5. The number of nitrogens with one attached hydrogen (secondary N) is 1. The van der Waals surface area contributed by atoms with Crippen LogP contribution in [-0.2, 0) is 4.74 Å². The molecule has 0 bridgehead atoms. The summed E-state index contributed by atoms with van der Waals surface area (Å²) in [5.41, 5.74) is 0.532. The van der Waals surface area contributed by atoms with Crippen molar-refractivity contribution in [1.82, 2.24) is 10.3 Å². The van der Waals surface area contributed by atoms with E-state index in [0.29, 0.717) is 11.6 Å². The summed E-state index contributed by atoms with van der Waals surface area (Å²) in [6.07, 6.45) is 0. The molecule has 0 aromatic carbocycles. The molecule has 1 aromatic heterocycles. The zero-order valence-electron chi connectivity index (χ0n) is 9.61. The maximum Gasteiger partial charge on any atom is 0.289 e. The molecule has 0 aliphatic rings. The molecule has 1 heterocycles. The fraction of sp³-hybridized carbons (Fsp3) is 0.600. The third-order valence-electron chi connectivity index (χ3n) is 2.03. The third kappa shape index (κ3) is 3.04. The van der Waals surface area contributed by atoms with E-state index in [1.54, 1.807) is 13.8 Å². The highest BCUT2D eigenvalue weighted by Gasteiger charge is 2.19. The molecule has 1 aromatic rings. The number of nitrogens with zero attached hydrogens (tertiary/aromatic N) is 1. The zero-order chi connectivity index (χ0) is 12.1. The van der Waals surface area contributed by atoms with Gasteiger partial charge in [-0.1, -0.05) is 0 Å². The number of oxazole rings is 1. The Morgan fingerprint density at radius 3 is 2.75 bits per heavy atom. The van der Waals surface area contributed by atoms with Gasteiger partial charge in [0.15, 0.2) is 5.89 Å². The first-order valence-electron chi connectivity index (χ1n) is 4.93. The average molecular weight is 228 g/mol. The molecule has 0 spiro atoms. The normalized spacial score (nSPS) is 12.5. The van der Waals surface area contributed by atoms with Crippen molar-refractivity contribution in [2.75, 3.05) is 20.3 Å². The van der Waals surface area contributed by atoms with Crippen molar-refractivity contribution >= 4 is 5.91 Å². The van der Waals surface area contributed by atoms with Gasteiger partial charge in [-0.05, 0) is 6.92 Å². The number of aliphatic hydroxyl groups excluding tert-OH is 1. The summed E-state index contributed by atoms with van der Waals surface area (Å²) in [4.78, 5) is 15.7. The van der Waals surface area contributed by atoms with E-state index in [1.807, 2.05) is 0 Å². The highest BCUT2D eigenvalue weighted by atomic mass is 16.5. The van der Waals surface area contributed by atoms with Gasteiger partial charge in [0.1, 0.15) is 0 Å². The van der Waals surface area contributed by atoms with E-state index in [0.717, 1.165) is 0 Å². The summed E-state index contributed by atoms with van der Waals surface area (Å²) in [6, 6.07) is -0.442. The second kappa shape index (κ2) is 5.62. The van der Waals surface area contributed by atoms with E-state index in [-0.39, 0.29) is 19.0 Å². The van der Waals surface area contributed by atoms with Crippen LogP contribution in [0.3, 0.4) is 0 Å². The van der Waals surface area contributed by atoms with Crippen LogP contribution in [0.5, 0.6) is 0 Å². The van der Waals surface area contributed by atoms with Crippen molar-refractivity contribution in [1.29, 1.82) is 0 Å². The summed E-state index contributed by atoms with van der Waals surface area (Å²) in [7, 11) is 1.50. The van der Waals surface area contributed by atoms with Crippen LogP contribution in [0.2, 0.25) is 0 Å². The lowest BCUT2D eigenvalue weighted by atomic mass is 10.3. The van der Waals surface area contributed by atoms with Crippen molar-refractivity contribution in [3.05, 3.63) is 17.3 Å². The van der Waals surface area contributed by atoms with Crippen LogP contribution in [0.4, 0.5) is 0 Å². The van der Waals surface area contributed by atoms with Gasteiger partial charge in [0.2, 0.25) is 5.76 Å². The summed E-state index contributed by atoms with van der Waals surface area (Å²) in [5.74, 6) is 0.219. The molecule has 0 aliphatic heterocycles. The molecule has 6 nitrogen and oxygen atoms in total. The highest BCUT2D eigenvalue weighted by Crippen LogP contribution is 2.09. The van der Waals surface area contributed by atoms with Crippen LogP contribution in [-0.4, -0.2) is 42.4 Å². The Morgan fingerprint density at radius 1 is 1.62 bits per heavy atom. The Morgan fingerprint density at radius 2 is 2.31 bits per heavy atom. The van der Waals surface area contributed by atoms with Crippen LogP contribution in [0, 0.1) is 13.8 Å². The molecule has 16 heavy (non-hydrogen) atoms. The number of ether oxygens (including phenoxy) is 1. The van der Waals surface area contributed by atoms with Gasteiger partial charge in [-0.3, -0.25) is 4.79 Å². The SMILES string of the molecule is COCC(CO)NC(=O)c1oc(C)nc1C. The quantitative estimate of drug-likeness (QED) is 0.742. The van der Waals surface area contributed by atoms with Crippen LogP contribution in [0.15, 0.2) is 4.42 Å². The molecule has 0 aliphatic carbocycles. The molecular weight excluding hydrogens is 212 g/mol. The number of aliphatic hydroxyl groups is 1. The van der Waals surface area contributed by atoms with Gasteiger partial charge < -0.3 is 19.6 Å². The van der Waals surface area contributed by atoms with Crippen molar-refractivity contribution in [2.24, 2.45) is 0 Å². The Bertz CT molecular complexity index is 362. The maximum absolute atomic E-state index is 11.7. The van der Waals surface area contributed by atoms with Gasteiger partial charge >= 0.3 is 0 Å². The van der Waals surface area contributed by atoms with Crippen LogP contribution in [0.25, 0.3) is 0 Å². The number of rotatable bonds is 5. The molecular formula is C10H16N2O4. The summed E-state index contributed by atoms with van der Waals surface area (Å²) in [5, 5.41) is 11.6. The Kier molecular flexibility index (Phi) is 4.45. The van der Waals surface area contributed by atoms with Gasteiger partial charge in [-0.25, -0.2) is 4.98 Å². The molecule has 1 rings (SSSR count). The second-order valence-corrected chi connectivity index (χ2v) is 3.46. The minimum absolute atomic E-state index is 0.173. The molecule has 0 saturated heterocycles. The number of hydrogen-bond donors (Lipinski definition) is 2. The summed E-state index contributed by atoms with van der Waals surface area (Å²) < 4.78 is 10.0. The lowest BCUT2D eigenvalue weighted by Gasteiger charge is -2.13. The fourth-order valence-electron chi connectivity index (χ4n) is 1.33. The predicted molar refractivity (Wildman–Crippen MR) is 56.2 cm³/mol. The number of aromatic nitrogens is 1. The number of aryl methyl sites for hydroxylation is 2. The first kappa shape index (κ1) is 12.7. The highest BCUT2D eigenvalue weighted by molar-refractivity contribution is 5.92. The third-order valence-corrected chi connectivity index (χ3v) is 2.03. The van der Waals surface area contributed by atoms with E-state index in [4.69, 9.17) is 14.3 Å². The maximum atomic E-state index is 11.7. The van der Waals surface area contributed by atoms with Crippen molar-refractivity contribution in [3.8, 4) is 0 Å². The number of amides is 1. The molecule has 1 atom stereocenters. The van der Waals surface area contributed by atoms with Gasteiger partial charge in [-0.2, -0.15) is 0 Å². The smallest absolute Gasteiger partial charge is 0.289 e. The van der Waals surface area contributed by atoms with E-state index in [9.17, 15) is 4.79 Å². The van der Waals surface area contributed by atoms with Crippen LogP contribution < -0.4 is 5.32 Å². The van der Waals surface area contributed by atoms with Crippen LogP contribution in [0.1, 0.15) is 22.1 Å². The van der Waals surface area contributed by atoms with Crippen molar-refractivity contribution < 1.29 is 19.1 Å². The largest absolute Gasteiger partial charge is 0.436 e. The Balaban J connectivity index is 2.67. The molecule has 0 radical (unpaired) electrons. The van der Waals surface area contributed by atoms with E-state index >= 15 is 0 Å². The van der Waals surface area contributed by atoms with Gasteiger partial charge in [-0.15, -0.1) is 0 Å². The van der Waals surface area contributed by atoms with E-state index in [2.05, 4.69) is 10.3 Å². The lowest BCUT2D eigenvalue weighted by molar-refractivity contribution is 0.0812. The topological polar surface area (TPSA) is 84.6 Å². The summed E-state index contributed by atoms with van der Waals surface area (Å²) >= 11 is 0. The Hall–Kier alpha value is -1.40. The van der Waals surface area contributed by atoms with Gasteiger partial charge in [0, 0.05) is 14.0 Å². The van der Waals surface area contributed by atoms with Crippen LogP contribution >= 0.6 is 0 Å². The molecule has 1 amide bonds. The van der Waals surface area contributed by atoms with Crippen molar-refractivity contribution in [3.63, 3.8) is 0 Å². The molecule has 1 unspecified atom stereocenters. The molecule has 0 saturated carbocycles. The number of methoxy groups -OCH3 is 1. The minimum Gasteiger partial charge on any atom is -0.436 e. The lowest BCUT2D eigenvalue weighted by Crippen LogP contribution is -2.40. The first-order valence-corrected chi connectivity index (χ1v) is 4.93. The second-order valence-electron chi connectivity index (χ2n) is 3.46. The number of carbonyl (C=O) groups is 1. The summed E-state index contributed by atoms with van der Waals surface area (Å²) in [6.45, 7) is 3.41. The molecule has 2 N–H and O–H groups in total. The van der Waals surface area contributed by atoms with E-state index in [1.165, 1.54) is 7.11 Å². The fourth-order valence-corrected chi connectivity index (χ4v) is 1.33. The van der Waals surface area contributed by atoms with Crippen molar-refractivity contribution in [2.45, 2.75) is 19.9 Å². The molecule has 90 valence electrons. The molecule has 0 fully saturated rings. The predicted octanol–water partition coefficient (Wildman–Crippen LogP) is 0.0285. The Labute approximate surface area is 93.6 Å². The average Bonchev–Trinajstić information content (AvgIpc) is 2.57. The van der Waals surface area contributed by atoms with Gasteiger partial charge in [0.25, 0.3) is 5.91 Å². The number of carbonyl (C=O) groups excluding carboxylic acids is 1. The van der Waals surface area contributed by atoms with Gasteiger partial charge in [0.05, 0.1) is 24.9 Å². The minimum atomic E-state index is -0.442. The first-order chi connectivity index (χ1) is 7.58. The van der Waals surface area contributed by atoms with E-state index < -0.39 is 11.9 Å². The monoisotopic (exact) mass is 228 g/mol. The standard InChI is InChI=1S/C10H16N2O4/c1-6-9(16-7(2)11-6)10(14)12-8(4-13)5-15-3/h8,13H,4-5H2,1-3H3,(H,12,14). The molecule has 6 heteroatoms. The zero-order valence-corrected chi connectivity index (χ0v) is 9.61.